The summed E-state index contributed by atoms with van der Waals surface area (Å²) in [6, 6.07) is 13.8. The summed E-state index contributed by atoms with van der Waals surface area (Å²) in [7, 11) is 1.65. The summed E-state index contributed by atoms with van der Waals surface area (Å²) in [6.07, 6.45) is -2.80. The highest BCUT2D eigenvalue weighted by Crippen LogP contribution is 2.29. The van der Waals surface area contributed by atoms with E-state index in [1.165, 1.54) is 23.8 Å². The van der Waals surface area contributed by atoms with Crippen molar-refractivity contribution in [3.63, 3.8) is 0 Å². The maximum absolute atomic E-state index is 12.5. The van der Waals surface area contributed by atoms with Crippen molar-refractivity contribution in [3.8, 4) is 11.5 Å². The van der Waals surface area contributed by atoms with E-state index in [1.54, 1.807) is 13.2 Å². The molecule has 6 nitrogen and oxygen atoms in total. The number of alkyl halides is 3. The highest BCUT2D eigenvalue weighted by molar-refractivity contribution is 14.0. The van der Waals surface area contributed by atoms with Crippen molar-refractivity contribution in [2.45, 2.75) is 25.7 Å². The predicted molar refractivity (Wildman–Crippen MR) is 130 cm³/mol. The van der Waals surface area contributed by atoms with Crippen LogP contribution in [-0.4, -0.2) is 44.0 Å². The summed E-state index contributed by atoms with van der Waals surface area (Å²) in [5.74, 6) is 0.951. The van der Waals surface area contributed by atoms with Gasteiger partial charge < -0.3 is 20.5 Å². The van der Waals surface area contributed by atoms with Crippen LogP contribution >= 0.6 is 24.0 Å². The van der Waals surface area contributed by atoms with E-state index in [-0.39, 0.29) is 41.4 Å². The molecule has 1 aliphatic rings. The minimum atomic E-state index is -4.77. The van der Waals surface area contributed by atoms with E-state index >= 15 is 0 Å². The van der Waals surface area contributed by atoms with Crippen LogP contribution in [0.3, 0.4) is 0 Å². The normalized spacial score (nSPS) is 15.7. The number of methoxy groups -OCH3 is 1. The van der Waals surface area contributed by atoms with Crippen LogP contribution < -0.4 is 20.5 Å². The molecular formula is C22H28F3IN4O2. The third-order valence-electron chi connectivity index (χ3n) is 5.17. The number of likely N-dealkylation sites (tertiary alicyclic amines) is 1. The highest BCUT2D eigenvalue weighted by Gasteiger charge is 2.32. The number of benzene rings is 2. The Balaban J connectivity index is 0.00000363. The van der Waals surface area contributed by atoms with Crippen LogP contribution in [0.25, 0.3) is 0 Å². The third kappa shape index (κ3) is 8.38. The van der Waals surface area contributed by atoms with Crippen LogP contribution in [0, 0.1) is 5.92 Å². The first-order valence-corrected chi connectivity index (χ1v) is 10.1. The fourth-order valence-electron chi connectivity index (χ4n) is 3.50. The number of halogens is 4. The van der Waals surface area contributed by atoms with E-state index in [2.05, 4.69) is 32.1 Å². The van der Waals surface area contributed by atoms with Crippen LogP contribution in [0.1, 0.15) is 18.4 Å². The molecule has 1 fully saturated rings. The van der Waals surface area contributed by atoms with Crippen molar-refractivity contribution in [2.24, 2.45) is 16.6 Å². The average molecular weight is 564 g/mol. The summed E-state index contributed by atoms with van der Waals surface area (Å²) in [4.78, 5) is 6.72. The molecule has 0 amide bonds. The summed E-state index contributed by atoms with van der Waals surface area (Å²) in [5, 5.41) is 2.71. The maximum atomic E-state index is 12.5. The second-order valence-corrected chi connectivity index (χ2v) is 7.46. The molecule has 0 saturated carbocycles. The molecule has 2 aromatic carbocycles. The number of ether oxygens (including phenoxy) is 2. The van der Waals surface area contributed by atoms with Crippen LogP contribution in [0.4, 0.5) is 18.9 Å². The van der Waals surface area contributed by atoms with Crippen molar-refractivity contribution in [2.75, 3.05) is 32.1 Å². The molecule has 0 spiro atoms. The molecule has 0 aromatic heterocycles. The predicted octanol–water partition coefficient (Wildman–Crippen LogP) is 4.85. The molecule has 32 heavy (non-hydrogen) atoms. The van der Waals surface area contributed by atoms with Crippen molar-refractivity contribution < 1.29 is 22.6 Å². The van der Waals surface area contributed by atoms with E-state index in [4.69, 9.17) is 10.5 Å². The summed E-state index contributed by atoms with van der Waals surface area (Å²) in [6.45, 7) is 3.33. The Morgan fingerprint density at radius 1 is 1.12 bits per heavy atom. The number of nitrogens with two attached hydrogens (primary N) is 1. The van der Waals surface area contributed by atoms with Crippen LogP contribution in [0.2, 0.25) is 0 Å². The monoisotopic (exact) mass is 564 g/mol. The van der Waals surface area contributed by atoms with Crippen LogP contribution in [0.5, 0.6) is 11.5 Å². The molecule has 0 radical (unpaired) electrons. The van der Waals surface area contributed by atoms with Gasteiger partial charge in [-0.15, -0.1) is 37.1 Å². The number of guanidine groups is 1. The Labute approximate surface area is 203 Å². The Morgan fingerprint density at radius 2 is 1.78 bits per heavy atom. The topological polar surface area (TPSA) is 72.1 Å². The first-order chi connectivity index (χ1) is 14.8. The maximum Gasteiger partial charge on any atom is 0.573 e. The molecule has 3 N–H and O–H groups in total. The largest absolute Gasteiger partial charge is 0.573 e. The van der Waals surface area contributed by atoms with Gasteiger partial charge in [0.25, 0.3) is 0 Å². The molecule has 0 unspecified atom stereocenters. The van der Waals surface area contributed by atoms with Gasteiger partial charge >= 0.3 is 6.36 Å². The zero-order valence-corrected chi connectivity index (χ0v) is 20.1. The van der Waals surface area contributed by atoms with Gasteiger partial charge in [0.05, 0.1) is 12.8 Å². The molecule has 1 saturated heterocycles. The standard InChI is InChI=1S/C22H27F3N4O2.HI/c1-30-18-8-6-17(7-9-18)15-29-12-10-16(11-13-29)14-27-21(26)28-19-4-2-3-5-20(19)31-22(23,24)25;/h2-9,16H,10-15H2,1H3,(H3,26,27,28);1H. The number of nitrogens with one attached hydrogen (secondary N) is 1. The number of piperidine rings is 1. The molecule has 1 heterocycles. The number of para-hydroxylation sites is 2. The summed E-state index contributed by atoms with van der Waals surface area (Å²) < 4.78 is 46.8. The van der Waals surface area contributed by atoms with Gasteiger partial charge in [-0.25, -0.2) is 0 Å². The van der Waals surface area contributed by atoms with E-state index in [9.17, 15) is 13.2 Å². The first kappa shape index (κ1) is 26.0. The Hall–Kier alpha value is -2.21. The average Bonchev–Trinajstić information content (AvgIpc) is 2.74. The van der Waals surface area contributed by atoms with Crippen molar-refractivity contribution >= 4 is 35.6 Å². The minimum Gasteiger partial charge on any atom is -0.497 e. The smallest absolute Gasteiger partial charge is 0.497 e. The van der Waals surface area contributed by atoms with E-state index in [1.807, 2.05) is 12.1 Å². The van der Waals surface area contributed by atoms with Gasteiger partial charge in [-0.2, -0.15) is 0 Å². The summed E-state index contributed by atoms with van der Waals surface area (Å²) >= 11 is 0. The van der Waals surface area contributed by atoms with Crippen LogP contribution in [-0.2, 0) is 6.54 Å². The van der Waals surface area contributed by atoms with E-state index in [0.717, 1.165) is 38.2 Å². The zero-order valence-electron chi connectivity index (χ0n) is 17.8. The second kappa shape index (κ2) is 12.1. The lowest BCUT2D eigenvalue weighted by molar-refractivity contribution is -0.274. The lowest BCUT2D eigenvalue weighted by Crippen LogP contribution is -2.34. The minimum absolute atomic E-state index is 0. The quantitative estimate of drug-likeness (QED) is 0.286. The molecule has 0 bridgehead atoms. The van der Waals surface area contributed by atoms with Gasteiger partial charge in [0, 0.05) is 13.1 Å². The molecule has 0 aliphatic carbocycles. The SMILES string of the molecule is COc1ccc(CN2CCC(CN=C(N)Nc3ccccc3OC(F)(F)F)CC2)cc1.I. The lowest BCUT2D eigenvalue weighted by Gasteiger charge is -2.31. The number of rotatable bonds is 7. The Bertz CT molecular complexity index is 870. The van der Waals surface area contributed by atoms with E-state index in [0.29, 0.717) is 12.5 Å². The number of aliphatic imine (C=N–C) groups is 1. The first-order valence-electron chi connectivity index (χ1n) is 10.1. The van der Waals surface area contributed by atoms with Gasteiger partial charge in [0.1, 0.15) is 5.75 Å². The fraction of sp³-hybridized carbons (Fsp3) is 0.409. The summed E-state index contributed by atoms with van der Waals surface area (Å²) in [5.41, 5.74) is 7.25. The van der Waals surface area contributed by atoms with Crippen molar-refractivity contribution in [1.29, 1.82) is 0 Å². The number of hydrogen-bond acceptors (Lipinski definition) is 4. The van der Waals surface area contributed by atoms with Gasteiger partial charge in [-0.05, 0) is 61.7 Å². The van der Waals surface area contributed by atoms with Gasteiger partial charge in [-0.3, -0.25) is 9.89 Å². The third-order valence-corrected chi connectivity index (χ3v) is 5.17. The molecule has 176 valence electrons. The van der Waals surface area contributed by atoms with Gasteiger partial charge in [-0.1, -0.05) is 24.3 Å². The van der Waals surface area contributed by atoms with Crippen molar-refractivity contribution in [3.05, 3.63) is 54.1 Å². The molecule has 0 atom stereocenters. The number of nitrogens with zero attached hydrogens (tertiary/aromatic N) is 2. The molecule has 10 heteroatoms. The molecule has 1 aliphatic heterocycles. The Kier molecular flexibility index (Phi) is 9.88. The lowest BCUT2D eigenvalue weighted by atomic mass is 9.96. The zero-order chi connectivity index (χ0) is 22.3. The molecular weight excluding hydrogens is 536 g/mol. The van der Waals surface area contributed by atoms with Gasteiger partial charge in [0.2, 0.25) is 0 Å². The Morgan fingerprint density at radius 3 is 2.41 bits per heavy atom. The molecule has 3 rings (SSSR count). The number of anilines is 1. The highest BCUT2D eigenvalue weighted by atomic mass is 127. The van der Waals surface area contributed by atoms with E-state index < -0.39 is 6.36 Å². The van der Waals surface area contributed by atoms with Gasteiger partial charge in [0.15, 0.2) is 11.7 Å². The van der Waals surface area contributed by atoms with Crippen molar-refractivity contribution in [1.82, 2.24) is 4.90 Å². The molecule has 2 aromatic rings. The number of hydrogen-bond donors (Lipinski definition) is 2. The second-order valence-electron chi connectivity index (χ2n) is 7.46. The fourth-order valence-corrected chi connectivity index (χ4v) is 3.50. The van der Waals surface area contributed by atoms with Crippen LogP contribution in [0.15, 0.2) is 53.5 Å².